The topological polar surface area (TPSA) is 71.3 Å². The number of nitro groups is 1. The van der Waals surface area contributed by atoms with Gasteiger partial charge in [0.15, 0.2) is 0 Å². The second-order valence-electron chi connectivity index (χ2n) is 5.51. The minimum absolute atomic E-state index is 0.0509. The van der Waals surface area contributed by atoms with Crippen LogP contribution in [0.15, 0.2) is 53.1 Å². The van der Waals surface area contributed by atoms with Crippen LogP contribution in [-0.4, -0.2) is 24.0 Å². The van der Waals surface area contributed by atoms with Crippen LogP contribution in [-0.2, 0) is 0 Å². The Morgan fingerprint density at radius 2 is 1.96 bits per heavy atom. The largest absolute Gasteiger partial charge is 0.378 e. The summed E-state index contributed by atoms with van der Waals surface area (Å²) >= 11 is 3.41. The van der Waals surface area contributed by atoms with E-state index in [2.05, 4.69) is 26.2 Å². The van der Waals surface area contributed by atoms with Crippen molar-refractivity contribution in [2.45, 2.75) is 0 Å². The Hall–Kier alpha value is -2.67. The summed E-state index contributed by atoms with van der Waals surface area (Å²) in [6.45, 7) is 0. The van der Waals surface area contributed by atoms with Crippen LogP contribution in [0, 0.1) is 10.1 Å². The van der Waals surface area contributed by atoms with Gasteiger partial charge in [-0.25, -0.2) is 4.98 Å². The number of nitrogens with zero attached hydrogens (tertiary/aromatic N) is 3. The molecule has 122 valence electrons. The molecule has 0 fully saturated rings. The molecule has 0 unspecified atom stereocenters. The van der Waals surface area contributed by atoms with E-state index < -0.39 is 4.92 Å². The Labute approximate surface area is 147 Å². The van der Waals surface area contributed by atoms with Gasteiger partial charge < -0.3 is 10.2 Å². The van der Waals surface area contributed by atoms with E-state index in [1.54, 1.807) is 18.3 Å². The molecule has 1 N–H and O–H groups in total. The van der Waals surface area contributed by atoms with E-state index in [0.717, 1.165) is 22.1 Å². The highest BCUT2D eigenvalue weighted by Gasteiger charge is 2.12. The molecule has 0 aliphatic rings. The number of hydrogen-bond acceptors (Lipinski definition) is 5. The van der Waals surface area contributed by atoms with Crippen LogP contribution in [0.3, 0.4) is 0 Å². The number of fused-ring (bicyclic) bond motifs is 1. The third-order valence-electron chi connectivity index (χ3n) is 3.66. The van der Waals surface area contributed by atoms with Gasteiger partial charge >= 0.3 is 0 Å². The van der Waals surface area contributed by atoms with Gasteiger partial charge in [-0.3, -0.25) is 10.1 Å². The van der Waals surface area contributed by atoms with Crippen LogP contribution < -0.4 is 10.2 Å². The molecule has 3 aromatic rings. The summed E-state index contributed by atoms with van der Waals surface area (Å²) < 4.78 is 0.716. The van der Waals surface area contributed by atoms with E-state index in [1.165, 1.54) is 6.07 Å². The molecule has 0 spiro atoms. The number of halogens is 1. The minimum atomic E-state index is -0.403. The van der Waals surface area contributed by atoms with Crippen molar-refractivity contribution < 1.29 is 4.92 Å². The summed E-state index contributed by atoms with van der Waals surface area (Å²) in [4.78, 5) is 17.0. The van der Waals surface area contributed by atoms with Crippen molar-refractivity contribution >= 4 is 49.6 Å². The zero-order valence-corrected chi connectivity index (χ0v) is 14.7. The van der Waals surface area contributed by atoms with Crippen molar-refractivity contribution in [3.8, 4) is 0 Å². The molecule has 0 atom stereocenters. The standard InChI is InChI=1S/C17H15BrN4O2/c1-21(2)12-5-3-4-11(8-12)20-17-14-7-6-13(22(23)24)9-15(14)16(18)10-19-17/h3-10H,1-2H3,(H,19,20). The van der Waals surface area contributed by atoms with Gasteiger partial charge in [-0.1, -0.05) is 6.07 Å². The van der Waals surface area contributed by atoms with Crippen LogP contribution in [0.1, 0.15) is 0 Å². The van der Waals surface area contributed by atoms with Gasteiger partial charge in [0.1, 0.15) is 5.82 Å². The molecule has 0 aliphatic heterocycles. The monoisotopic (exact) mass is 386 g/mol. The number of aromatic nitrogens is 1. The highest BCUT2D eigenvalue weighted by molar-refractivity contribution is 9.10. The van der Waals surface area contributed by atoms with Crippen LogP contribution in [0.25, 0.3) is 10.8 Å². The van der Waals surface area contributed by atoms with Gasteiger partial charge in [0, 0.05) is 59.0 Å². The molecule has 2 aromatic carbocycles. The van der Waals surface area contributed by atoms with Gasteiger partial charge in [0.05, 0.1) is 4.92 Å². The summed E-state index contributed by atoms with van der Waals surface area (Å²) in [6, 6.07) is 12.7. The zero-order chi connectivity index (χ0) is 17.3. The number of nitro benzene ring substituents is 1. The van der Waals surface area contributed by atoms with Crippen LogP contribution in [0.5, 0.6) is 0 Å². The molecule has 0 saturated carbocycles. The minimum Gasteiger partial charge on any atom is -0.378 e. The van der Waals surface area contributed by atoms with Crippen LogP contribution >= 0.6 is 15.9 Å². The van der Waals surface area contributed by atoms with Crippen molar-refractivity contribution in [3.63, 3.8) is 0 Å². The normalized spacial score (nSPS) is 10.6. The number of nitrogens with one attached hydrogen (secondary N) is 1. The maximum absolute atomic E-state index is 11.0. The molecule has 0 amide bonds. The van der Waals surface area contributed by atoms with Gasteiger partial charge in [0.2, 0.25) is 0 Å². The first-order chi connectivity index (χ1) is 11.5. The van der Waals surface area contributed by atoms with Crippen molar-refractivity contribution in [1.29, 1.82) is 0 Å². The first-order valence-electron chi connectivity index (χ1n) is 7.23. The van der Waals surface area contributed by atoms with E-state index in [9.17, 15) is 10.1 Å². The molecule has 3 rings (SSSR count). The lowest BCUT2D eigenvalue weighted by atomic mass is 10.1. The number of anilines is 3. The second kappa shape index (κ2) is 6.45. The Morgan fingerprint density at radius 1 is 1.17 bits per heavy atom. The van der Waals surface area contributed by atoms with Gasteiger partial charge in [0.25, 0.3) is 5.69 Å². The van der Waals surface area contributed by atoms with Gasteiger partial charge in [-0.05, 0) is 40.2 Å². The number of non-ortho nitro benzene ring substituents is 1. The van der Waals surface area contributed by atoms with E-state index in [0.29, 0.717) is 10.3 Å². The van der Waals surface area contributed by atoms with Crippen molar-refractivity contribution in [2.75, 3.05) is 24.3 Å². The summed E-state index contributed by atoms with van der Waals surface area (Å²) in [5.41, 5.74) is 2.02. The summed E-state index contributed by atoms with van der Waals surface area (Å²) in [6.07, 6.45) is 1.64. The quantitative estimate of drug-likeness (QED) is 0.518. The highest BCUT2D eigenvalue weighted by atomic mass is 79.9. The molecule has 0 radical (unpaired) electrons. The number of hydrogen-bond donors (Lipinski definition) is 1. The molecule has 0 saturated heterocycles. The van der Waals surface area contributed by atoms with E-state index in [4.69, 9.17) is 0 Å². The molecule has 24 heavy (non-hydrogen) atoms. The molecule has 0 bridgehead atoms. The van der Waals surface area contributed by atoms with E-state index in [1.807, 2.05) is 43.3 Å². The summed E-state index contributed by atoms with van der Waals surface area (Å²) in [7, 11) is 3.96. The van der Waals surface area contributed by atoms with Crippen molar-refractivity contribution in [3.05, 3.63) is 63.2 Å². The summed E-state index contributed by atoms with van der Waals surface area (Å²) in [5, 5.41) is 15.8. The lowest BCUT2D eigenvalue weighted by Gasteiger charge is -2.15. The summed E-state index contributed by atoms with van der Waals surface area (Å²) in [5.74, 6) is 0.652. The average molecular weight is 387 g/mol. The molecule has 1 heterocycles. The molecule has 1 aromatic heterocycles. The lowest BCUT2D eigenvalue weighted by molar-refractivity contribution is -0.384. The number of benzene rings is 2. The fourth-order valence-electron chi connectivity index (χ4n) is 2.41. The van der Waals surface area contributed by atoms with Gasteiger partial charge in [-0.15, -0.1) is 0 Å². The van der Waals surface area contributed by atoms with E-state index in [-0.39, 0.29) is 5.69 Å². The third-order valence-corrected chi connectivity index (χ3v) is 4.29. The average Bonchev–Trinajstić information content (AvgIpc) is 2.57. The smallest absolute Gasteiger partial charge is 0.270 e. The second-order valence-corrected chi connectivity index (χ2v) is 6.37. The van der Waals surface area contributed by atoms with Crippen molar-refractivity contribution in [2.24, 2.45) is 0 Å². The maximum Gasteiger partial charge on any atom is 0.270 e. The molecule has 6 nitrogen and oxygen atoms in total. The number of rotatable bonds is 4. The first-order valence-corrected chi connectivity index (χ1v) is 8.02. The molecular formula is C17H15BrN4O2. The fraction of sp³-hybridized carbons (Fsp3) is 0.118. The Balaban J connectivity index is 2.05. The molecular weight excluding hydrogens is 372 g/mol. The maximum atomic E-state index is 11.0. The SMILES string of the molecule is CN(C)c1cccc(Nc2ncc(Br)c3cc([N+](=O)[O-])ccc23)c1. The predicted octanol–water partition coefficient (Wildman–Crippen LogP) is 4.72. The Bertz CT molecular complexity index is 928. The third kappa shape index (κ3) is 3.16. The predicted molar refractivity (Wildman–Crippen MR) is 100 cm³/mol. The van der Waals surface area contributed by atoms with E-state index >= 15 is 0 Å². The Morgan fingerprint density at radius 3 is 2.67 bits per heavy atom. The van der Waals surface area contributed by atoms with Crippen LogP contribution in [0.4, 0.5) is 22.9 Å². The molecule has 7 heteroatoms. The van der Waals surface area contributed by atoms with Gasteiger partial charge in [-0.2, -0.15) is 0 Å². The Kier molecular flexibility index (Phi) is 4.35. The highest BCUT2D eigenvalue weighted by Crippen LogP contribution is 2.33. The van der Waals surface area contributed by atoms with Crippen LogP contribution in [0.2, 0.25) is 0 Å². The van der Waals surface area contributed by atoms with Crippen molar-refractivity contribution in [1.82, 2.24) is 4.98 Å². The fourth-order valence-corrected chi connectivity index (χ4v) is 2.84. The first kappa shape index (κ1) is 16.2. The number of pyridine rings is 1. The lowest BCUT2D eigenvalue weighted by Crippen LogP contribution is -2.08. The zero-order valence-electron chi connectivity index (χ0n) is 13.2. The molecule has 0 aliphatic carbocycles.